The number of Topliss-reactive ketones (excluding diaryl/α,β-unsaturated/α-hetero) is 1. The van der Waals surface area contributed by atoms with Crippen LogP contribution in [0.1, 0.15) is 50.3 Å². The number of hydrogen-bond acceptors (Lipinski definition) is 5. The Morgan fingerprint density at radius 3 is 2.74 bits per heavy atom. The number of β-amino-alcohol motifs (C(OH)–C–C–N with tert-alkyl or cyclic N) is 1. The molecule has 1 aliphatic rings. The average molecular weight is 373 g/mol. The first-order valence-corrected chi connectivity index (χ1v) is 9.92. The molecule has 0 radical (unpaired) electrons. The van der Waals surface area contributed by atoms with Crippen molar-refractivity contribution >= 4 is 22.5 Å². The number of piperazine rings is 1. The van der Waals surface area contributed by atoms with Crippen molar-refractivity contribution in [3.8, 4) is 0 Å². The van der Waals surface area contributed by atoms with Crippen molar-refractivity contribution in [2.75, 3.05) is 37.7 Å². The summed E-state index contributed by atoms with van der Waals surface area (Å²) in [4.78, 5) is 25.3. The van der Waals surface area contributed by atoms with Gasteiger partial charge in [-0.25, -0.2) is 4.98 Å². The van der Waals surface area contributed by atoms with Gasteiger partial charge in [0.25, 0.3) is 0 Å². The topological polar surface area (TPSA) is 72.5 Å². The normalized spacial score (nSPS) is 19.0. The SMILES string of the molecule is CCC(C)(C)C(=O)c1nc2cc(N3CCN(CCO)C[C@@H]3C)c(C)cc2[nH]1. The predicted molar refractivity (Wildman–Crippen MR) is 110 cm³/mol. The molecule has 0 amide bonds. The number of carbonyl (C=O) groups is 1. The lowest BCUT2D eigenvalue weighted by Crippen LogP contribution is -2.52. The van der Waals surface area contributed by atoms with Gasteiger partial charge in [-0.1, -0.05) is 20.8 Å². The number of aliphatic hydroxyl groups excluding tert-OH is 1. The third-order valence-electron chi connectivity index (χ3n) is 5.95. The first kappa shape index (κ1) is 19.8. The lowest BCUT2D eigenvalue weighted by Gasteiger charge is -2.41. The maximum Gasteiger partial charge on any atom is 0.203 e. The zero-order chi connectivity index (χ0) is 19.8. The molecule has 6 nitrogen and oxygen atoms in total. The molecule has 148 valence electrons. The molecule has 27 heavy (non-hydrogen) atoms. The molecule has 0 unspecified atom stereocenters. The van der Waals surface area contributed by atoms with E-state index in [1.54, 1.807) is 0 Å². The van der Waals surface area contributed by atoms with Crippen LogP contribution in [0.4, 0.5) is 5.69 Å². The zero-order valence-corrected chi connectivity index (χ0v) is 17.2. The highest BCUT2D eigenvalue weighted by molar-refractivity contribution is 5.99. The molecule has 0 saturated carbocycles. The van der Waals surface area contributed by atoms with Gasteiger partial charge in [-0.3, -0.25) is 9.69 Å². The Morgan fingerprint density at radius 2 is 2.11 bits per heavy atom. The highest BCUT2D eigenvalue weighted by atomic mass is 16.3. The second kappa shape index (κ2) is 7.60. The van der Waals surface area contributed by atoms with E-state index < -0.39 is 5.41 Å². The number of carbonyl (C=O) groups excluding carboxylic acids is 1. The third-order valence-corrected chi connectivity index (χ3v) is 5.95. The molecule has 1 atom stereocenters. The van der Waals surface area contributed by atoms with Gasteiger partial charge in [0.05, 0.1) is 17.6 Å². The fraction of sp³-hybridized carbons (Fsp3) is 0.619. The van der Waals surface area contributed by atoms with Crippen LogP contribution in [-0.2, 0) is 0 Å². The van der Waals surface area contributed by atoms with Gasteiger partial charge in [-0.05, 0) is 38.0 Å². The number of anilines is 1. The summed E-state index contributed by atoms with van der Waals surface area (Å²) in [5, 5.41) is 9.18. The van der Waals surface area contributed by atoms with Crippen LogP contribution in [0.2, 0.25) is 0 Å². The highest BCUT2D eigenvalue weighted by Crippen LogP contribution is 2.30. The number of rotatable bonds is 6. The molecule has 0 bridgehead atoms. The molecule has 2 heterocycles. The Bertz CT molecular complexity index is 827. The van der Waals surface area contributed by atoms with Crippen molar-refractivity contribution in [2.45, 2.75) is 47.1 Å². The van der Waals surface area contributed by atoms with Crippen molar-refractivity contribution in [3.63, 3.8) is 0 Å². The summed E-state index contributed by atoms with van der Waals surface area (Å²) in [6, 6.07) is 4.57. The summed E-state index contributed by atoms with van der Waals surface area (Å²) in [6.45, 7) is 14.0. The highest BCUT2D eigenvalue weighted by Gasteiger charge is 2.30. The van der Waals surface area contributed by atoms with E-state index in [0.29, 0.717) is 11.9 Å². The van der Waals surface area contributed by atoms with Gasteiger partial charge in [-0.2, -0.15) is 0 Å². The number of H-pyrrole nitrogens is 1. The molecule has 1 fully saturated rings. The van der Waals surface area contributed by atoms with Crippen LogP contribution in [-0.4, -0.2) is 64.6 Å². The number of aryl methyl sites for hydroxylation is 1. The number of nitrogens with zero attached hydrogens (tertiary/aromatic N) is 3. The number of aromatic nitrogens is 2. The smallest absolute Gasteiger partial charge is 0.203 e. The summed E-state index contributed by atoms with van der Waals surface area (Å²) in [6.07, 6.45) is 0.781. The van der Waals surface area contributed by atoms with E-state index in [1.807, 2.05) is 20.8 Å². The van der Waals surface area contributed by atoms with Gasteiger partial charge in [0.1, 0.15) is 0 Å². The maximum absolute atomic E-state index is 12.8. The largest absolute Gasteiger partial charge is 0.395 e. The summed E-state index contributed by atoms with van der Waals surface area (Å²) in [7, 11) is 0. The number of hydrogen-bond donors (Lipinski definition) is 2. The van der Waals surface area contributed by atoms with Crippen LogP contribution in [0, 0.1) is 12.3 Å². The molecule has 1 aromatic heterocycles. The molecule has 0 spiro atoms. The Balaban J connectivity index is 1.90. The fourth-order valence-electron chi connectivity index (χ4n) is 3.79. The first-order valence-electron chi connectivity index (χ1n) is 9.92. The summed E-state index contributed by atoms with van der Waals surface area (Å²) < 4.78 is 0. The van der Waals surface area contributed by atoms with Gasteiger partial charge >= 0.3 is 0 Å². The maximum atomic E-state index is 12.8. The number of nitrogens with one attached hydrogen (secondary N) is 1. The molecular formula is C21H32N4O2. The van der Waals surface area contributed by atoms with E-state index in [9.17, 15) is 9.90 Å². The number of ketones is 1. The van der Waals surface area contributed by atoms with Crippen LogP contribution in [0.15, 0.2) is 12.1 Å². The van der Waals surface area contributed by atoms with Gasteiger partial charge in [0.2, 0.25) is 5.78 Å². The Kier molecular flexibility index (Phi) is 5.58. The predicted octanol–water partition coefficient (Wildman–Crippen LogP) is 2.99. The molecule has 2 N–H and O–H groups in total. The van der Waals surface area contributed by atoms with Gasteiger partial charge in [0, 0.05) is 43.3 Å². The molecule has 1 aromatic carbocycles. The van der Waals surface area contributed by atoms with Crippen LogP contribution in [0.25, 0.3) is 11.0 Å². The first-order chi connectivity index (χ1) is 12.8. The summed E-state index contributed by atoms with van der Waals surface area (Å²) in [5.41, 5.74) is 3.71. The second-order valence-electron chi connectivity index (χ2n) is 8.37. The molecule has 6 heteroatoms. The van der Waals surface area contributed by atoms with Gasteiger partial charge in [0.15, 0.2) is 5.82 Å². The zero-order valence-electron chi connectivity index (χ0n) is 17.2. The number of fused-ring (bicyclic) bond motifs is 1. The van der Waals surface area contributed by atoms with Gasteiger partial charge < -0.3 is 15.0 Å². The van der Waals surface area contributed by atoms with Gasteiger partial charge in [-0.15, -0.1) is 0 Å². The fourth-order valence-corrected chi connectivity index (χ4v) is 3.79. The Hall–Kier alpha value is -1.92. The van der Waals surface area contributed by atoms with Crippen molar-refractivity contribution < 1.29 is 9.90 Å². The lowest BCUT2D eigenvalue weighted by molar-refractivity contribution is 0.0823. The molecular weight excluding hydrogens is 340 g/mol. The van der Waals surface area contributed by atoms with Crippen LogP contribution in [0.5, 0.6) is 0 Å². The van der Waals surface area contributed by atoms with Crippen molar-refractivity contribution in [1.29, 1.82) is 0 Å². The third kappa shape index (κ3) is 3.87. The van der Waals surface area contributed by atoms with E-state index in [4.69, 9.17) is 0 Å². The van der Waals surface area contributed by atoms with E-state index in [2.05, 4.69) is 45.7 Å². The average Bonchev–Trinajstić information content (AvgIpc) is 3.03. The van der Waals surface area contributed by atoms with Crippen LogP contribution in [0.3, 0.4) is 0 Å². The van der Waals surface area contributed by atoms with E-state index in [-0.39, 0.29) is 12.4 Å². The summed E-state index contributed by atoms with van der Waals surface area (Å²) >= 11 is 0. The Morgan fingerprint density at radius 1 is 1.37 bits per heavy atom. The van der Waals surface area contributed by atoms with E-state index in [0.717, 1.165) is 43.6 Å². The number of benzene rings is 1. The van der Waals surface area contributed by atoms with E-state index in [1.165, 1.54) is 11.3 Å². The molecule has 2 aromatic rings. The number of aliphatic hydroxyl groups is 1. The lowest BCUT2D eigenvalue weighted by atomic mass is 9.85. The minimum Gasteiger partial charge on any atom is -0.395 e. The van der Waals surface area contributed by atoms with Crippen LogP contribution >= 0.6 is 0 Å². The number of aromatic amines is 1. The standard InChI is InChI=1S/C21H32N4O2/c1-6-21(4,5)19(27)20-22-16-11-14(2)18(12-17(16)23-20)25-8-7-24(9-10-26)13-15(25)3/h11-12,15,26H,6-10,13H2,1-5H3,(H,22,23)/t15-/m0/s1. The quantitative estimate of drug-likeness (QED) is 0.763. The van der Waals surface area contributed by atoms with Crippen molar-refractivity contribution in [1.82, 2.24) is 14.9 Å². The molecule has 1 aliphatic heterocycles. The van der Waals surface area contributed by atoms with E-state index >= 15 is 0 Å². The van der Waals surface area contributed by atoms with Crippen molar-refractivity contribution in [3.05, 3.63) is 23.5 Å². The minimum absolute atomic E-state index is 0.0615. The van der Waals surface area contributed by atoms with Crippen LogP contribution < -0.4 is 4.90 Å². The molecule has 1 saturated heterocycles. The molecule has 3 rings (SSSR count). The Labute approximate surface area is 161 Å². The number of imidazole rings is 1. The minimum atomic E-state index is -0.413. The second-order valence-corrected chi connectivity index (χ2v) is 8.37. The monoisotopic (exact) mass is 372 g/mol. The summed E-state index contributed by atoms with van der Waals surface area (Å²) in [5.74, 6) is 0.514. The molecule has 0 aliphatic carbocycles. The van der Waals surface area contributed by atoms with Crippen molar-refractivity contribution in [2.24, 2.45) is 5.41 Å².